The third-order valence-corrected chi connectivity index (χ3v) is 9.60. The maximum Gasteiger partial charge on any atom is 0.472 e. The van der Waals surface area contributed by atoms with Crippen molar-refractivity contribution >= 4 is 13.7 Å². The minimum atomic E-state index is -4.30. The third kappa shape index (κ3) is 31.8. The average molecular weight is 675 g/mol. The van der Waals surface area contributed by atoms with Crippen LogP contribution in [0.1, 0.15) is 187 Å². The lowest BCUT2D eigenvalue weighted by atomic mass is 10.0. The zero-order chi connectivity index (χ0) is 34.0. The van der Waals surface area contributed by atoms with Crippen molar-refractivity contribution in [1.29, 1.82) is 0 Å². The normalized spacial score (nSPS) is 14.5. The Hall–Kier alpha value is -0.760. The minimum Gasteiger partial charge on any atom is -0.391 e. The van der Waals surface area contributed by atoms with Gasteiger partial charge in [0.1, 0.15) is 0 Å². The summed E-state index contributed by atoms with van der Waals surface area (Å²) in [6.07, 6.45) is 35.0. The van der Waals surface area contributed by atoms with Gasteiger partial charge in [0.15, 0.2) is 0 Å². The molecule has 0 aliphatic carbocycles. The molecule has 0 aromatic heterocycles. The van der Waals surface area contributed by atoms with Crippen LogP contribution in [-0.4, -0.2) is 47.8 Å². The highest BCUT2D eigenvalue weighted by atomic mass is 31.2. The maximum absolute atomic E-state index is 12.7. The molecule has 46 heavy (non-hydrogen) atoms. The number of carbonyl (C=O) groups is 1. The molecule has 0 radical (unpaired) electrons. The van der Waals surface area contributed by atoms with Crippen LogP contribution in [0.15, 0.2) is 12.2 Å². The molecule has 0 saturated carbocycles. The molecule has 3 unspecified atom stereocenters. The standard InChI is InChI=1S/C37H75N2O6P/c1-3-5-7-9-11-13-15-16-17-18-19-21-23-25-27-29-31-37(41)39-35(34-45-46(42,43)44-33-32-38)36(40)30-28-26-24-22-20-14-12-10-8-6-4-2/h17-18,35-36,40H,3-16,19-34,38H2,1-2H3,(H,39,41)(H,42,43)/b18-17-. The van der Waals surface area contributed by atoms with Crippen LogP contribution in [0.25, 0.3) is 0 Å². The summed E-state index contributed by atoms with van der Waals surface area (Å²) < 4.78 is 22.1. The number of phosphoric ester groups is 1. The van der Waals surface area contributed by atoms with Gasteiger partial charge in [0.2, 0.25) is 5.91 Å². The van der Waals surface area contributed by atoms with Gasteiger partial charge in [-0.3, -0.25) is 13.8 Å². The summed E-state index contributed by atoms with van der Waals surface area (Å²) in [4.78, 5) is 22.6. The maximum atomic E-state index is 12.7. The predicted octanol–water partition coefficient (Wildman–Crippen LogP) is 10.1. The van der Waals surface area contributed by atoms with E-state index in [1.54, 1.807) is 0 Å². The molecule has 8 nitrogen and oxygen atoms in total. The summed E-state index contributed by atoms with van der Waals surface area (Å²) in [5, 5.41) is 13.7. The SMILES string of the molecule is CCCCCCCCC/C=C\CCCCCCCC(=O)NC(COP(=O)(O)OCCN)C(O)CCCCCCCCCCCCC. The van der Waals surface area contributed by atoms with Gasteiger partial charge in [-0.2, -0.15) is 0 Å². The van der Waals surface area contributed by atoms with Crippen molar-refractivity contribution in [2.75, 3.05) is 19.8 Å². The van der Waals surface area contributed by atoms with E-state index in [0.717, 1.165) is 51.4 Å². The number of unbranched alkanes of at least 4 members (excludes halogenated alkanes) is 22. The Kier molecular flexibility index (Phi) is 33.6. The van der Waals surface area contributed by atoms with Crippen LogP contribution in [0.5, 0.6) is 0 Å². The number of aliphatic hydroxyl groups is 1. The number of allylic oxidation sites excluding steroid dienone is 2. The van der Waals surface area contributed by atoms with E-state index < -0.39 is 20.0 Å². The van der Waals surface area contributed by atoms with Crippen molar-refractivity contribution in [3.05, 3.63) is 12.2 Å². The van der Waals surface area contributed by atoms with E-state index in [1.165, 1.54) is 109 Å². The van der Waals surface area contributed by atoms with E-state index in [9.17, 15) is 19.4 Å². The molecule has 5 N–H and O–H groups in total. The first-order chi connectivity index (χ1) is 22.4. The minimum absolute atomic E-state index is 0.0889. The summed E-state index contributed by atoms with van der Waals surface area (Å²) in [6, 6.07) is -0.773. The highest BCUT2D eigenvalue weighted by molar-refractivity contribution is 7.47. The molecule has 3 atom stereocenters. The monoisotopic (exact) mass is 675 g/mol. The molecule has 0 fully saturated rings. The zero-order valence-electron chi connectivity index (χ0n) is 30.1. The third-order valence-electron chi connectivity index (χ3n) is 8.62. The van der Waals surface area contributed by atoms with E-state index in [0.29, 0.717) is 12.8 Å². The fraction of sp³-hybridized carbons (Fsp3) is 0.919. The molecule has 0 spiro atoms. The van der Waals surface area contributed by atoms with Gasteiger partial charge in [-0.25, -0.2) is 4.57 Å². The predicted molar refractivity (Wildman–Crippen MR) is 194 cm³/mol. The quantitative estimate of drug-likeness (QED) is 0.0295. The largest absolute Gasteiger partial charge is 0.472 e. The molecule has 0 aromatic carbocycles. The fourth-order valence-electron chi connectivity index (χ4n) is 5.66. The number of aliphatic hydroxyl groups excluding tert-OH is 1. The van der Waals surface area contributed by atoms with Crippen molar-refractivity contribution < 1.29 is 28.4 Å². The Balaban J connectivity index is 4.22. The second-order valence-electron chi connectivity index (χ2n) is 13.1. The summed E-state index contributed by atoms with van der Waals surface area (Å²) >= 11 is 0. The number of carbonyl (C=O) groups excluding carboxylic acids is 1. The van der Waals surface area contributed by atoms with E-state index in [1.807, 2.05) is 0 Å². The second-order valence-corrected chi connectivity index (χ2v) is 14.6. The highest BCUT2D eigenvalue weighted by Crippen LogP contribution is 2.43. The smallest absolute Gasteiger partial charge is 0.391 e. The molecule has 274 valence electrons. The molecular weight excluding hydrogens is 599 g/mol. The summed E-state index contributed by atoms with van der Waals surface area (Å²) in [5.41, 5.74) is 5.36. The van der Waals surface area contributed by atoms with E-state index in [2.05, 4.69) is 31.3 Å². The topological polar surface area (TPSA) is 131 Å². The number of amides is 1. The summed E-state index contributed by atoms with van der Waals surface area (Å²) in [6.45, 7) is 4.18. The van der Waals surface area contributed by atoms with Crippen LogP contribution in [0.3, 0.4) is 0 Å². The number of hydrogen-bond acceptors (Lipinski definition) is 6. The molecule has 1 amide bonds. The fourth-order valence-corrected chi connectivity index (χ4v) is 6.42. The van der Waals surface area contributed by atoms with Crippen molar-refractivity contribution in [2.24, 2.45) is 5.73 Å². The number of rotatable bonds is 36. The molecule has 0 saturated heterocycles. The van der Waals surface area contributed by atoms with Gasteiger partial charge in [0.05, 0.1) is 25.4 Å². The van der Waals surface area contributed by atoms with E-state index in [-0.39, 0.29) is 25.7 Å². The van der Waals surface area contributed by atoms with Gasteiger partial charge in [-0.1, -0.05) is 154 Å². The van der Waals surface area contributed by atoms with Crippen molar-refractivity contribution in [3.63, 3.8) is 0 Å². The van der Waals surface area contributed by atoms with Crippen molar-refractivity contribution in [2.45, 2.75) is 199 Å². The first kappa shape index (κ1) is 45.2. The first-order valence-corrected chi connectivity index (χ1v) is 20.8. The summed E-state index contributed by atoms with van der Waals surface area (Å²) in [5.74, 6) is -0.171. The van der Waals surface area contributed by atoms with Gasteiger partial charge in [0, 0.05) is 13.0 Å². The molecule has 0 rings (SSSR count). The second kappa shape index (κ2) is 34.1. The molecule has 0 aliphatic heterocycles. The first-order valence-electron chi connectivity index (χ1n) is 19.3. The van der Waals surface area contributed by atoms with Crippen LogP contribution in [0.2, 0.25) is 0 Å². The number of nitrogens with two attached hydrogens (primary N) is 1. The van der Waals surface area contributed by atoms with Crippen LogP contribution in [0, 0.1) is 0 Å². The van der Waals surface area contributed by atoms with E-state index in [4.69, 9.17) is 14.8 Å². The van der Waals surface area contributed by atoms with Crippen LogP contribution < -0.4 is 11.1 Å². The van der Waals surface area contributed by atoms with Crippen LogP contribution >= 0.6 is 7.82 Å². The van der Waals surface area contributed by atoms with Gasteiger partial charge in [-0.15, -0.1) is 0 Å². The lowest BCUT2D eigenvalue weighted by Gasteiger charge is -2.25. The number of phosphoric acid groups is 1. The Morgan fingerprint density at radius 3 is 1.61 bits per heavy atom. The zero-order valence-corrected chi connectivity index (χ0v) is 31.0. The summed E-state index contributed by atoms with van der Waals surface area (Å²) in [7, 11) is -4.30. The van der Waals surface area contributed by atoms with Gasteiger partial charge < -0.3 is 21.1 Å². The molecule has 0 aromatic rings. The Bertz CT molecular complexity index is 739. The molecule has 0 bridgehead atoms. The number of hydrogen-bond donors (Lipinski definition) is 4. The van der Waals surface area contributed by atoms with Crippen molar-refractivity contribution in [1.82, 2.24) is 5.32 Å². The van der Waals surface area contributed by atoms with Gasteiger partial charge >= 0.3 is 7.82 Å². The molecular formula is C37H75N2O6P. The Morgan fingerprint density at radius 1 is 0.696 bits per heavy atom. The molecule has 0 aliphatic rings. The number of nitrogens with one attached hydrogen (secondary N) is 1. The average Bonchev–Trinajstić information content (AvgIpc) is 3.04. The Morgan fingerprint density at radius 2 is 1.13 bits per heavy atom. The lowest BCUT2D eigenvalue weighted by Crippen LogP contribution is -2.46. The van der Waals surface area contributed by atoms with Crippen LogP contribution in [-0.2, 0) is 18.4 Å². The Labute approximate surface area is 284 Å². The lowest BCUT2D eigenvalue weighted by molar-refractivity contribution is -0.123. The highest BCUT2D eigenvalue weighted by Gasteiger charge is 2.27. The van der Waals surface area contributed by atoms with Gasteiger partial charge in [0.25, 0.3) is 0 Å². The van der Waals surface area contributed by atoms with E-state index >= 15 is 0 Å². The molecule has 9 heteroatoms. The van der Waals surface area contributed by atoms with Gasteiger partial charge in [-0.05, 0) is 38.5 Å². The van der Waals surface area contributed by atoms with Crippen LogP contribution in [0.4, 0.5) is 0 Å². The molecule has 0 heterocycles. The van der Waals surface area contributed by atoms with Crippen molar-refractivity contribution in [3.8, 4) is 0 Å².